The average molecular weight is 340 g/mol. The molecule has 0 spiro atoms. The largest absolute Gasteiger partial charge is 0.370 e. The number of anilines is 1. The lowest BCUT2D eigenvalue weighted by molar-refractivity contribution is 0.378. The van der Waals surface area contributed by atoms with Crippen LogP contribution in [0.5, 0.6) is 0 Å². The van der Waals surface area contributed by atoms with Gasteiger partial charge < -0.3 is 15.5 Å². The number of nitrogens with zero attached hydrogens (tertiary/aromatic N) is 5. The van der Waals surface area contributed by atoms with Crippen LogP contribution in [0.1, 0.15) is 17.9 Å². The van der Waals surface area contributed by atoms with Crippen LogP contribution in [0.3, 0.4) is 0 Å². The second-order valence-electron chi connectivity index (χ2n) is 6.47. The van der Waals surface area contributed by atoms with Crippen LogP contribution in [-0.4, -0.2) is 53.0 Å². The highest BCUT2D eigenvalue weighted by Gasteiger charge is 2.39. The second-order valence-corrected chi connectivity index (χ2v) is 6.47. The summed E-state index contributed by atoms with van der Waals surface area (Å²) in [6, 6.07) is 8.71. The summed E-state index contributed by atoms with van der Waals surface area (Å²) in [5, 5.41) is 0. The number of hydrogen-bond acceptors (Lipinski definition) is 4. The van der Waals surface area contributed by atoms with Gasteiger partial charge >= 0.3 is 0 Å². The van der Waals surface area contributed by atoms with Crippen LogP contribution < -0.4 is 10.6 Å². The van der Waals surface area contributed by atoms with Gasteiger partial charge in [0.15, 0.2) is 5.96 Å². The van der Waals surface area contributed by atoms with Crippen LogP contribution in [0.25, 0.3) is 0 Å². The number of rotatable bonds is 3. The first kappa shape index (κ1) is 15.8. The van der Waals surface area contributed by atoms with Crippen molar-refractivity contribution in [2.45, 2.75) is 18.4 Å². The fourth-order valence-electron chi connectivity index (χ4n) is 3.23. The summed E-state index contributed by atoms with van der Waals surface area (Å²) in [6.07, 6.45) is 4.49. The Bertz CT molecular complexity index is 740. The molecule has 25 heavy (non-hydrogen) atoms. The molecule has 0 bridgehead atoms. The van der Waals surface area contributed by atoms with E-state index in [0.29, 0.717) is 11.9 Å². The van der Waals surface area contributed by atoms with E-state index >= 15 is 0 Å². The van der Waals surface area contributed by atoms with Crippen molar-refractivity contribution in [3.05, 3.63) is 54.1 Å². The molecular formula is C18H21FN6. The lowest BCUT2D eigenvalue weighted by Crippen LogP contribution is -2.51. The van der Waals surface area contributed by atoms with Crippen LogP contribution in [0.2, 0.25) is 0 Å². The zero-order valence-electron chi connectivity index (χ0n) is 13.9. The summed E-state index contributed by atoms with van der Waals surface area (Å²) < 4.78 is 13.0. The fourth-order valence-corrected chi connectivity index (χ4v) is 3.23. The van der Waals surface area contributed by atoms with Gasteiger partial charge in [-0.15, -0.1) is 0 Å². The van der Waals surface area contributed by atoms with Crippen LogP contribution in [0.15, 0.2) is 47.7 Å². The zero-order valence-corrected chi connectivity index (χ0v) is 13.9. The maximum absolute atomic E-state index is 13.0. The van der Waals surface area contributed by atoms with Gasteiger partial charge in [0.1, 0.15) is 5.82 Å². The molecule has 0 radical (unpaired) electrons. The van der Waals surface area contributed by atoms with E-state index in [9.17, 15) is 4.39 Å². The molecule has 6 nitrogen and oxygen atoms in total. The van der Waals surface area contributed by atoms with Crippen molar-refractivity contribution in [3.8, 4) is 0 Å². The van der Waals surface area contributed by atoms with Gasteiger partial charge in [0.2, 0.25) is 5.95 Å². The van der Waals surface area contributed by atoms with Crippen LogP contribution in [0, 0.1) is 5.82 Å². The highest BCUT2D eigenvalue weighted by molar-refractivity contribution is 5.79. The molecule has 0 unspecified atom stereocenters. The van der Waals surface area contributed by atoms with Crippen LogP contribution in [0.4, 0.5) is 10.3 Å². The van der Waals surface area contributed by atoms with Crippen molar-refractivity contribution in [2.75, 3.05) is 31.1 Å². The van der Waals surface area contributed by atoms with Crippen molar-refractivity contribution in [1.82, 2.24) is 14.9 Å². The Hall–Kier alpha value is -2.70. The van der Waals surface area contributed by atoms with Crippen molar-refractivity contribution in [3.63, 3.8) is 0 Å². The molecule has 2 heterocycles. The molecule has 4 rings (SSSR count). The van der Waals surface area contributed by atoms with E-state index in [1.807, 2.05) is 18.2 Å². The molecule has 1 saturated carbocycles. The lowest BCUT2D eigenvalue weighted by Gasteiger charge is -2.35. The minimum atomic E-state index is -0.204. The second kappa shape index (κ2) is 6.66. The monoisotopic (exact) mass is 340 g/mol. The summed E-state index contributed by atoms with van der Waals surface area (Å²) in [4.78, 5) is 17.5. The fraction of sp³-hybridized carbons (Fsp3) is 0.389. The van der Waals surface area contributed by atoms with E-state index < -0.39 is 0 Å². The number of aliphatic imine (C=N–C) groups is 1. The van der Waals surface area contributed by atoms with Gasteiger partial charge in [0.25, 0.3) is 0 Å². The number of nitrogens with two attached hydrogens (primary N) is 1. The predicted molar refractivity (Wildman–Crippen MR) is 95.0 cm³/mol. The molecule has 1 saturated heterocycles. The first-order valence-electron chi connectivity index (χ1n) is 8.56. The Balaban J connectivity index is 1.33. The predicted octanol–water partition coefficient (Wildman–Crippen LogP) is 1.61. The summed E-state index contributed by atoms with van der Waals surface area (Å²) in [7, 11) is 0. The van der Waals surface area contributed by atoms with E-state index in [-0.39, 0.29) is 11.9 Å². The topological polar surface area (TPSA) is 70.6 Å². The molecule has 1 aromatic heterocycles. The number of halogens is 1. The molecule has 130 valence electrons. The Labute approximate surface area is 146 Å². The van der Waals surface area contributed by atoms with Crippen molar-refractivity contribution >= 4 is 11.9 Å². The van der Waals surface area contributed by atoms with E-state index in [4.69, 9.17) is 5.73 Å². The van der Waals surface area contributed by atoms with Gasteiger partial charge in [-0.05, 0) is 30.2 Å². The minimum absolute atomic E-state index is 0.204. The van der Waals surface area contributed by atoms with Gasteiger partial charge in [0, 0.05) is 44.5 Å². The lowest BCUT2D eigenvalue weighted by atomic mass is 10.1. The third-order valence-corrected chi connectivity index (χ3v) is 4.79. The summed E-state index contributed by atoms with van der Waals surface area (Å²) in [5.74, 6) is 1.52. The third-order valence-electron chi connectivity index (χ3n) is 4.79. The molecule has 2 fully saturated rings. The smallest absolute Gasteiger partial charge is 0.225 e. The Morgan fingerprint density at radius 1 is 1.08 bits per heavy atom. The molecule has 2 atom stereocenters. The Kier molecular flexibility index (Phi) is 4.21. The van der Waals surface area contributed by atoms with Crippen molar-refractivity contribution in [1.29, 1.82) is 0 Å². The molecule has 0 amide bonds. The maximum atomic E-state index is 13.0. The standard InChI is InChI=1S/C18H21FN6/c19-14-4-2-13(3-5-14)15-12-16(15)23-17(20)24-8-10-25(11-9-24)18-21-6-1-7-22-18/h1-7,15-16H,8-12H2,(H2,20,23)/t15-,16+/m0/s1. The maximum Gasteiger partial charge on any atom is 0.225 e. The van der Waals surface area contributed by atoms with E-state index in [1.165, 1.54) is 12.1 Å². The number of aromatic nitrogens is 2. The molecule has 1 aliphatic carbocycles. The van der Waals surface area contributed by atoms with Gasteiger partial charge in [-0.25, -0.2) is 19.4 Å². The van der Waals surface area contributed by atoms with Gasteiger partial charge in [-0.1, -0.05) is 12.1 Å². The average Bonchev–Trinajstić information content (AvgIpc) is 3.42. The third kappa shape index (κ3) is 3.55. The summed E-state index contributed by atoms with van der Waals surface area (Å²) >= 11 is 0. The van der Waals surface area contributed by atoms with Crippen molar-refractivity contribution < 1.29 is 4.39 Å². The highest BCUT2D eigenvalue weighted by Crippen LogP contribution is 2.43. The number of guanidine groups is 1. The SMILES string of the molecule is NC(=N[C@@H]1C[C@H]1c1ccc(F)cc1)N1CCN(c2ncccn2)CC1. The van der Waals surface area contributed by atoms with Crippen LogP contribution in [-0.2, 0) is 0 Å². The first-order chi connectivity index (χ1) is 12.2. The molecule has 7 heteroatoms. The Morgan fingerprint density at radius 2 is 1.76 bits per heavy atom. The molecule has 1 aromatic carbocycles. The van der Waals surface area contributed by atoms with E-state index in [1.54, 1.807) is 12.4 Å². The molecule has 1 aliphatic heterocycles. The van der Waals surface area contributed by atoms with Crippen LogP contribution >= 0.6 is 0 Å². The van der Waals surface area contributed by atoms with E-state index in [2.05, 4.69) is 24.8 Å². The summed E-state index contributed by atoms with van der Waals surface area (Å²) in [5.41, 5.74) is 7.34. The zero-order chi connectivity index (χ0) is 17.2. The molecule has 2 aliphatic rings. The summed E-state index contributed by atoms with van der Waals surface area (Å²) in [6.45, 7) is 3.27. The highest BCUT2D eigenvalue weighted by atomic mass is 19.1. The normalized spacial score (nSPS) is 23.6. The van der Waals surface area contributed by atoms with Gasteiger partial charge in [-0.3, -0.25) is 0 Å². The molecular weight excluding hydrogens is 319 g/mol. The number of piperazine rings is 1. The van der Waals surface area contributed by atoms with Gasteiger partial charge in [-0.2, -0.15) is 0 Å². The van der Waals surface area contributed by atoms with Crippen molar-refractivity contribution in [2.24, 2.45) is 10.7 Å². The number of hydrogen-bond donors (Lipinski definition) is 1. The molecule has 2 aromatic rings. The Morgan fingerprint density at radius 3 is 2.44 bits per heavy atom. The van der Waals surface area contributed by atoms with Gasteiger partial charge in [0.05, 0.1) is 6.04 Å². The van der Waals surface area contributed by atoms with E-state index in [0.717, 1.165) is 44.1 Å². The quantitative estimate of drug-likeness (QED) is 0.679. The first-order valence-corrected chi connectivity index (χ1v) is 8.56. The minimum Gasteiger partial charge on any atom is -0.370 e. The number of benzene rings is 1. The molecule has 2 N–H and O–H groups in total.